The maximum absolute atomic E-state index is 6.30. The van der Waals surface area contributed by atoms with Crippen LogP contribution in [-0.4, -0.2) is 79.2 Å². The Labute approximate surface area is 231 Å². The number of hydrogen-bond acceptors (Lipinski definition) is 8. The minimum Gasteiger partial charge on any atom is -0.494 e. The molecule has 8 nitrogen and oxygen atoms in total. The summed E-state index contributed by atoms with van der Waals surface area (Å²) in [7, 11) is 3.88. The fraction of sp³-hybridized carbons (Fsp3) is 0.407. The third-order valence-corrected chi connectivity index (χ3v) is 7.99. The predicted octanol–water partition coefficient (Wildman–Crippen LogP) is 5.65. The number of halogens is 2. The second-order valence-electron chi connectivity index (χ2n) is 9.45. The summed E-state index contributed by atoms with van der Waals surface area (Å²) in [5.41, 5.74) is 1.93. The molecule has 3 heterocycles. The van der Waals surface area contributed by atoms with E-state index in [1.165, 1.54) is 45.2 Å². The van der Waals surface area contributed by atoms with Crippen molar-refractivity contribution in [3.63, 3.8) is 0 Å². The molecule has 1 N–H and O–H groups in total. The number of methoxy groups -OCH3 is 1. The van der Waals surface area contributed by atoms with E-state index in [9.17, 15) is 0 Å². The van der Waals surface area contributed by atoms with Gasteiger partial charge in [-0.25, -0.2) is 4.98 Å². The normalized spacial score (nSPS) is 17.6. The molecule has 0 radical (unpaired) electrons. The highest BCUT2D eigenvalue weighted by atomic mass is 79.9. The summed E-state index contributed by atoms with van der Waals surface area (Å²) >= 11 is 9.79. The first-order valence-corrected chi connectivity index (χ1v) is 13.7. The van der Waals surface area contributed by atoms with Crippen LogP contribution in [0.15, 0.2) is 53.1 Å². The number of benzene rings is 2. The van der Waals surface area contributed by atoms with Gasteiger partial charge in [-0.05, 0) is 60.1 Å². The smallest absolute Gasteiger partial charge is 0.243 e. The van der Waals surface area contributed by atoms with Crippen LogP contribution in [-0.2, 0) is 0 Å². The Morgan fingerprint density at radius 3 is 2.49 bits per heavy atom. The van der Waals surface area contributed by atoms with Crippen LogP contribution in [0, 0.1) is 0 Å². The molecule has 0 atom stereocenters. The molecule has 2 aliphatic heterocycles. The second kappa shape index (κ2) is 11.9. The largest absolute Gasteiger partial charge is 0.494 e. The molecule has 0 spiro atoms. The molecule has 2 aliphatic rings. The molecule has 0 saturated carbocycles. The van der Waals surface area contributed by atoms with Crippen LogP contribution in [0.1, 0.15) is 12.8 Å². The highest BCUT2D eigenvalue weighted by molar-refractivity contribution is 9.10. The maximum Gasteiger partial charge on any atom is 0.243 e. The van der Waals surface area contributed by atoms with Crippen LogP contribution in [0.25, 0.3) is 0 Å². The summed E-state index contributed by atoms with van der Waals surface area (Å²) in [6.45, 7) is 6.78. The van der Waals surface area contributed by atoms with E-state index < -0.39 is 0 Å². The van der Waals surface area contributed by atoms with Crippen LogP contribution in [0.3, 0.4) is 0 Å². The van der Waals surface area contributed by atoms with Gasteiger partial charge in [-0.15, -0.1) is 0 Å². The number of rotatable bonds is 7. The Morgan fingerprint density at radius 1 is 1.00 bits per heavy atom. The summed E-state index contributed by atoms with van der Waals surface area (Å²) in [5, 5.41) is 3.57. The molecule has 0 amide bonds. The van der Waals surface area contributed by atoms with Gasteiger partial charge in [-0.2, -0.15) is 4.98 Å². The summed E-state index contributed by atoms with van der Waals surface area (Å²) in [5.74, 6) is 1.98. The fourth-order valence-electron chi connectivity index (χ4n) is 4.89. The number of piperidine rings is 1. The van der Waals surface area contributed by atoms with Crippen LogP contribution >= 0.6 is 27.5 Å². The lowest BCUT2D eigenvalue weighted by Gasteiger charge is -2.42. The van der Waals surface area contributed by atoms with Gasteiger partial charge in [0.15, 0.2) is 0 Å². The van der Waals surface area contributed by atoms with Crippen LogP contribution in [0.5, 0.6) is 17.4 Å². The summed E-state index contributed by atoms with van der Waals surface area (Å²) in [6, 6.07) is 14.4. The van der Waals surface area contributed by atoms with Gasteiger partial charge in [0.05, 0.1) is 23.5 Å². The van der Waals surface area contributed by atoms with E-state index in [4.69, 9.17) is 21.1 Å². The number of likely N-dealkylation sites (N-methyl/N-ethyl adjacent to an activating group) is 1. The zero-order chi connectivity index (χ0) is 25.8. The Bertz CT molecular complexity index is 1220. The standard InChI is InChI=1S/C27H32BrClN6O2/c1-33-13-15-35(16-14-33)19-9-11-34(12-10-19)20-7-8-23(25(17-20)36-2)31-27-30-18-22(29)26(32-27)37-24-6-4-3-5-21(24)28/h3-8,17-19H,9-16H2,1-2H3,(H,30,31,32). The van der Waals surface area contributed by atoms with Crippen molar-refractivity contribution in [2.24, 2.45) is 0 Å². The monoisotopic (exact) mass is 586 g/mol. The molecule has 1 aromatic heterocycles. The van der Waals surface area contributed by atoms with Crippen molar-refractivity contribution in [3.8, 4) is 17.4 Å². The zero-order valence-corrected chi connectivity index (χ0v) is 23.5. The van der Waals surface area contributed by atoms with E-state index in [0.29, 0.717) is 22.8 Å². The minimum absolute atomic E-state index is 0.268. The highest BCUT2D eigenvalue weighted by Gasteiger charge is 2.27. The van der Waals surface area contributed by atoms with Gasteiger partial charge < -0.3 is 24.6 Å². The number of nitrogens with zero attached hydrogens (tertiary/aromatic N) is 5. The number of anilines is 3. The Kier molecular flexibility index (Phi) is 8.34. The van der Waals surface area contributed by atoms with Crippen molar-refractivity contribution in [1.82, 2.24) is 19.8 Å². The Balaban J connectivity index is 1.25. The maximum atomic E-state index is 6.30. The molecule has 3 aromatic rings. The molecule has 2 saturated heterocycles. The third-order valence-electron chi connectivity index (χ3n) is 7.07. The average Bonchev–Trinajstić information content (AvgIpc) is 2.92. The first-order valence-electron chi connectivity index (χ1n) is 12.6. The van der Waals surface area contributed by atoms with Crippen molar-refractivity contribution < 1.29 is 9.47 Å². The molecule has 0 aliphatic carbocycles. The number of para-hydroxylation sites is 1. The Hall–Kier alpha value is -2.59. The highest BCUT2D eigenvalue weighted by Crippen LogP contribution is 2.35. The van der Waals surface area contributed by atoms with Gasteiger partial charge >= 0.3 is 0 Å². The SMILES string of the molecule is COc1cc(N2CCC(N3CCN(C)CC3)CC2)ccc1Nc1ncc(Cl)c(Oc2ccccc2Br)n1. The van der Waals surface area contributed by atoms with Crippen molar-refractivity contribution in [1.29, 1.82) is 0 Å². The van der Waals surface area contributed by atoms with Crippen LogP contribution in [0.2, 0.25) is 5.02 Å². The number of ether oxygens (including phenoxy) is 2. The molecule has 0 bridgehead atoms. The van der Waals surface area contributed by atoms with E-state index in [1.807, 2.05) is 30.3 Å². The fourth-order valence-corrected chi connectivity index (χ4v) is 5.39. The third kappa shape index (κ3) is 6.29. The first-order chi connectivity index (χ1) is 18.0. The number of hydrogen-bond donors (Lipinski definition) is 1. The van der Waals surface area contributed by atoms with Gasteiger partial charge in [0.2, 0.25) is 11.8 Å². The molecule has 2 aromatic carbocycles. The second-order valence-corrected chi connectivity index (χ2v) is 10.7. The lowest BCUT2D eigenvalue weighted by molar-refractivity contribution is 0.0982. The number of aromatic nitrogens is 2. The van der Waals surface area contributed by atoms with Crippen molar-refractivity contribution in [3.05, 3.63) is 58.2 Å². The van der Waals surface area contributed by atoms with Crippen LogP contribution in [0.4, 0.5) is 17.3 Å². The summed E-state index contributed by atoms with van der Waals surface area (Å²) < 4.78 is 12.4. The van der Waals surface area contributed by atoms with E-state index >= 15 is 0 Å². The summed E-state index contributed by atoms with van der Waals surface area (Å²) in [4.78, 5) is 16.3. The van der Waals surface area contributed by atoms with E-state index in [2.05, 4.69) is 65.1 Å². The van der Waals surface area contributed by atoms with Gasteiger partial charge in [0.25, 0.3) is 0 Å². The van der Waals surface area contributed by atoms with E-state index in [1.54, 1.807) is 7.11 Å². The lowest BCUT2D eigenvalue weighted by atomic mass is 10.0. The Morgan fingerprint density at radius 2 is 1.76 bits per heavy atom. The van der Waals surface area contributed by atoms with Crippen molar-refractivity contribution >= 4 is 44.9 Å². The van der Waals surface area contributed by atoms with Crippen molar-refractivity contribution in [2.75, 3.05) is 63.6 Å². The summed E-state index contributed by atoms with van der Waals surface area (Å²) in [6.07, 6.45) is 3.89. The molecule has 5 rings (SSSR count). The quantitative estimate of drug-likeness (QED) is 0.380. The van der Waals surface area contributed by atoms with E-state index in [-0.39, 0.29) is 5.88 Å². The molecule has 196 valence electrons. The molecule has 2 fully saturated rings. The first kappa shape index (κ1) is 26.0. The predicted molar refractivity (Wildman–Crippen MR) is 152 cm³/mol. The number of nitrogens with one attached hydrogen (secondary N) is 1. The van der Waals surface area contributed by atoms with Gasteiger partial charge in [-0.1, -0.05) is 23.7 Å². The molecular weight excluding hydrogens is 556 g/mol. The average molecular weight is 588 g/mol. The molecule has 0 unspecified atom stereocenters. The van der Waals surface area contributed by atoms with Crippen LogP contribution < -0.4 is 19.7 Å². The molecule has 37 heavy (non-hydrogen) atoms. The molecule has 10 heteroatoms. The van der Waals surface area contributed by atoms with Gasteiger partial charge in [-0.3, -0.25) is 4.90 Å². The van der Waals surface area contributed by atoms with E-state index in [0.717, 1.165) is 34.7 Å². The molecular formula is C27H32BrClN6O2. The number of piperazine rings is 1. The zero-order valence-electron chi connectivity index (χ0n) is 21.2. The van der Waals surface area contributed by atoms with Gasteiger partial charge in [0.1, 0.15) is 16.5 Å². The lowest BCUT2D eigenvalue weighted by Crippen LogP contribution is -2.52. The van der Waals surface area contributed by atoms with Crippen molar-refractivity contribution in [2.45, 2.75) is 18.9 Å². The topological polar surface area (TPSA) is 66.0 Å². The van der Waals surface area contributed by atoms with Gasteiger partial charge in [0, 0.05) is 57.1 Å². The minimum atomic E-state index is 0.268.